The van der Waals surface area contributed by atoms with Crippen LogP contribution in [0.4, 0.5) is 0 Å². The van der Waals surface area contributed by atoms with Gasteiger partial charge in [-0.3, -0.25) is 0 Å². The molecule has 0 aromatic heterocycles. The summed E-state index contributed by atoms with van der Waals surface area (Å²) >= 11 is -4.81. The van der Waals surface area contributed by atoms with Crippen molar-refractivity contribution in [1.82, 2.24) is 0 Å². The predicted octanol–water partition coefficient (Wildman–Crippen LogP) is 12.9. The number of hydrogen-bond acceptors (Lipinski definition) is 0. The van der Waals surface area contributed by atoms with Gasteiger partial charge in [-0.1, -0.05) is 0 Å². The molecular formula is C41H47Cl2SiZr. The zero-order valence-electron chi connectivity index (χ0n) is 28.3. The van der Waals surface area contributed by atoms with Crippen LogP contribution in [-0.4, -0.2) is 5.92 Å². The van der Waals surface area contributed by atoms with E-state index in [1.807, 2.05) is 0 Å². The summed E-state index contributed by atoms with van der Waals surface area (Å²) in [6, 6.07) is 31.4. The molecule has 2 atom stereocenters. The molecule has 45 heavy (non-hydrogen) atoms. The second kappa shape index (κ2) is 11.6. The maximum atomic E-state index is 8.63. The van der Waals surface area contributed by atoms with Gasteiger partial charge in [0.2, 0.25) is 0 Å². The van der Waals surface area contributed by atoms with Gasteiger partial charge in [-0.05, 0) is 0 Å². The molecular weight excluding hydrogens is 683 g/mol. The van der Waals surface area contributed by atoms with E-state index < -0.39 is 21.5 Å². The van der Waals surface area contributed by atoms with Crippen molar-refractivity contribution in [3.8, 4) is 22.3 Å². The maximum absolute atomic E-state index is 8.63. The summed E-state index contributed by atoms with van der Waals surface area (Å²) in [4.78, 5) is 0. The molecule has 0 N–H and O–H groups in total. The van der Waals surface area contributed by atoms with Crippen LogP contribution in [0.1, 0.15) is 82.2 Å². The third kappa shape index (κ3) is 5.27. The fourth-order valence-electron chi connectivity index (χ4n) is 8.18. The minimum absolute atomic E-state index is 0.0868. The van der Waals surface area contributed by atoms with Crippen LogP contribution in [0.3, 0.4) is 0 Å². The third-order valence-electron chi connectivity index (χ3n) is 10.7. The number of aryl methyl sites for hydroxylation is 1. The molecule has 4 aromatic carbocycles. The molecule has 0 fully saturated rings. The molecule has 0 saturated carbocycles. The van der Waals surface area contributed by atoms with Gasteiger partial charge in [-0.25, -0.2) is 0 Å². The van der Waals surface area contributed by atoms with Gasteiger partial charge in [0.25, 0.3) is 0 Å². The summed E-state index contributed by atoms with van der Waals surface area (Å²) in [6.07, 6.45) is 4.90. The van der Waals surface area contributed by atoms with E-state index in [0.29, 0.717) is 5.92 Å². The normalized spacial score (nSPS) is 18.8. The first-order valence-electron chi connectivity index (χ1n) is 16.5. The van der Waals surface area contributed by atoms with E-state index in [1.54, 1.807) is 0 Å². The first-order valence-corrected chi connectivity index (χ1v) is 32.9. The van der Waals surface area contributed by atoms with Gasteiger partial charge in [-0.15, -0.1) is 0 Å². The zero-order valence-corrected chi connectivity index (χ0v) is 33.4. The molecule has 0 bridgehead atoms. The average Bonchev–Trinajstić information content (AvgIpc) is 3.58. The molecule has 0 nitrogen and oxygen atoms in total. The van der Waals surface area contributed by atoms with Gasteiger partial charge < -0.3 is 0 Å². The molecule has 0 saturated heterocycles. The van der Waals surface area contributed by atoms with Crippen LogP contribution in [0.2, 0.25) is 13.1 Å². The molecule has 4 aromatic rings. The fourth-order valence-corrected chi connectivity index (χ4v) is 40.4. The number of benzene rings is 4. The third-order valence-corrected chi connectivity index (χ3v) is 62.6. The van der Waals surface area contributed by atoms with Crippen LogP contribution in [0.15, 0.2) is 96.1 Å². The van der Waals surface area contributed by atoms with Crippen molar-refractivity contribution in [2.24, 2.45) is 5.92 Å². The van der Waals surface area contributed by atoms with Gasteiger partial charge in [-0.2, -0.15) is 0 Å². The van der Waals surface area contributed by atoms with Crippen molar-refractivity contribution in [2.45, 2.75) is 74.2 Å². The summed E-state index contributed by atoms with van der Waals surface area (Å²) in [6.45, 7) is 20.9. The molecule has 233 valence electrons. The van der Waals surface area contributed by atoms with E-state index in [-0.39, 0.29) is 12.7 Å². The Morgan fingerprint density at radius 1 is 0.689 bits per heavy atom. The van der Waals surface area contributed by atoms with Crippen LogP contribution >= 0.6 is 17.0 Å². The van der Waals surface area contributed by atoms with Crippen molar-refractivity contribution < 1.29 is 15.6 Å². The second-order valence-corrected chi connectivity index (χ2v) is 57.7. The second-order valence-electron chi connectivity index (χ2n) is 15.2. The van der Waals surface area contributed by atoms with Gasteiger partial charge in [0.05, 0.1) is 0 Å². The summed E-state index contributed by atoms with van der Waals surface area (Å²) in [5.41, 5.74) is 16.0. The first-order chi connectivity index (χ1) is 21.1. The fraction of sp³-hybridized carbons (Fsp3) is 0.317. The van der Waals surface area contributed by atoms with Crippen LogP contribution in [0, 0.1) is 12.8 Å². The number of allylic oxidation sites excluding steroid dienone is 2. The number of hydrogen-bond donors (Lipinski definition) is 0. The molecule has 2 unspecified atom stereocenters. The first kappa shape index (κ1) is 33.0. The monoisotopic (exact) mass is 727 g/mol. The summed E-state index contributed by atoms with van der Waals surface area (Å²) in [5.74, 6) is -1.27. The number of rotatable bonds is 6. The van der Waals surface area contributed by atoms with E-state index in [2.05, 4.69) is 159 Å². The summed E-state index contributed by atoms with van der Waals surface area (Å²) < 4.78 is 0.178. The van der Waals surface area contributed by atoms with Crippen LogP contribution < -0.4 is 0 Å². The van der Waals surface area contributed by atoms with E-state index in [9.17, 15) is 0 Å². The molecule has 4 heteroatoms. The Hall–Kier alpha value is -1.96. The van der Waals surface area contributed by atoms with Gasteiger partial charge in [0.15, 0.2) is 0 Å². The Morgan fingerprint density at radius 3 is 1.91 bits per heavy atom. The van der Waals surface area contributed by atoms with E-state index in [4.69, 9.17) is 17.0 Å². The number of fused-ring (bicyclic) bond motifs is 2. The minimum atomic E-state index is -4.81. The topological polar surface area (TPSA) is 0 Å². The predicted molar refractivity (Wildman–Crippen MR) is 200 cm³/mol. The van der Waals surface area contributed by atoms with Crippen molar-refractivity contribution in [3.05, 3.63) is 129 Å². The van der Waals surface area contributed by atoms with Crippen LogP contribution in [0.25, 0.3) is 34.4 Å². The number of halogens is 2. The SMILES string of the molecule is CC1=Cc2c(-c3ccc(C(C)(C)C)cc3)ccc(C)c2[CH]1[Zr]([Cl])([Cl])([CH]1C(C(C)C)=Cc2c(-c3ccccc3)cccc21)[SiH](C)C. The Labute approximate surface area is 280 Å². The Balaban J connectivity index is 1.57. The quantitative estimate of drug-likeness (QED) is 0.173. The van der Waals surface area contributed by atoms with Gasteiger partial charge in [0.1, 0.15) is 0 Å². The van der Waals surface area contributed by atoms with Crippen molar-refractivity contribution in [2.75, 3.05) is 0 Å². The van der Waals surface area contributed by atoms with Gasteiger partial charge in [0, 0.05) is 0 Å². The molecule has 0 radical (unpaired) electrons. The summed E-state index contributed by atoms with van der Waals surface area (Å²) in [5, 5.41) is 0. The van der Waals surface area contributed by atoms with Crippen molar-refractivity contribution in [3.63, 3.8) is 0 Å². The average molecular weight is 730 g/mol. The molecule has 6 rings (SSSR count). The molecule has 0 spiro atoms. The van der Waals surface area contributed by atoms with E-state index in [0.717, 1.165) is 0 Å². The molecule has 0 amide bonds. The molecule has 0 aliphatic heterocycles. The Bertz CT molecular complexity index is 1840. The molecule has 0 heterocycles. The van der Waals surface area contributed by atoms with Crippen LogP contribution in [0.5, 0.6) is 0 Å². The van der Waals surface area contributed by atoms with Crippen LogP contribution in [-0.2, 0) is 21.0 Å². The Kier molecular flexibility index (Phi) is 8.52. The van der Waals surface area contributed by atoms with E-state index >= 15 is 0 Å². The molecule has 2 aliphatic carbocycles. The Morgan fingerprint density at radius 2 is 1.31 bits per heavy atom. The van der Waals surface area contributed by atoms with Crippen molar-refractivity contribution >= 4 is 35.1 Å². The zero-order chi connectivity index (χ0) is 32.5. The summed E-state index contributed by atoms with van der Waals surface area (Å²) in [7, 11) is 17.3. The standard InChI is InChI=1S/C21H23.C18H17.C2H7Si.2ClH.Zr/c1-14-12-19-15(2)6-11-18(20(19)13-14)16-7-9-17(10-8-16)21(3,4)5;1-13(2)16-11-15-9-6-10-17(18(15)12-16)14-7-4-3-5-8-14;1-3-2;;;/h6-13H,1-5H3;3-13H,1-2H3;3H,1-2H3;2*1H;/q;;;;;+2/p-2. The van der Waals surface area contributed by atoms with Crippen molar-refractivity contribution in [1.29, 1.82) is 0 Å². The molecule has 2 aliphatic rings. The van der Waals surface area contributed by atoms with E-state index in [1.165, 1.54) is 66.8 Å². The van der Waals surface area contributed by atoms with Gasteiger partial charge >= 0.3 is 283 Å².